The molecule has 126 valence electrons. The number of para-hydroxylation sites is 2. The van der Waals surface area contributed by atoms with Crippen molar-refractivity contribution in [2.75, 3.05) is 18.6 Å². The number of benzene rings is 2. The lowest BCUT2D eigenvalue weighted by atomic mass is 10.1. The lowest BCUT2D eigenvalue weighted by Gasteiger charge is -2.24. The number of carbonyl (C=O) groups excluding carboxylic acids is 1. The van der Waals surface area contributed by atoms with Gasteiger partial charge in [0, 0.05) is 13.1 Å². The van der Waals surface area contributed by atoms with Crippen molar-refractivity contribution in [3.05, 3.63) is 60.2 Å². The van der Waals surface area contributed by atoms with E-state index in [0.717, 1.165) is 0 Å². The third kappa shape index (κ3) is 3.59. The molecule has 1 aliphatic heterocycles. The molecule has 1 fully saturated rings. The normalized spacial score (nSPS) is 19.0. The molecule has 6 heteroatoms. The van der Waals surface area contributed by atoms with Gasteiger partial charge in [0.25, 0.3) is 5.91 Å². The summed E-state index contributed by atoms with van der Waals surface area (Å²) < 4.78 is 29.1. The summed E-state index contributed by atoms with van der Waals surface area (Å²) in [6, 6.07) is 15.9. The molecule has 0 radical (unpaired) electrons. The summed E-state index contributed by atoms with van der Waals surface area (Å²) in [5.41, 5.74) is 0.424. The first kappa shape index (κ1) is 16.5. The monoisotopic (exact) mass is 345 g/mol. The number of hydrogen-bond acceptors (Lipinski definition) is 4. The summed E-state index contributed by atoms with van der Waals surface area (Å²) in [5.74, 6) is 1.03. The Balaban J connectivity index is 1.82. The molecule has 0 aromatic heterocycles. The molecule has 0 bridgehead atoms. The second kappa shape index (κ2) is 6.65. The molecule has 0 N–H and O–H groups in total. The molecule has 0 spiro atoms. The Morgan fingerprint density at radius 2 is 1.75 bits per heavy atom. The van der Waals surface area contributed by atoms with Crippen LogP contribution in [0.15, 0.2) is 54.6 Å². The first-order valence-corrected chi connectivity index (χ1v) is 9.58. The van der Waals surface area contributed by atoms with Crippen LogP contribution in [0.5, 0.6) is 11.5 Å². The Labute approximate surface area is 141 Å². The lowest BCUT2D eigenvalue weighted by molar-refractivity contribution is 0.0745. The first-order chi connectivity index (χ1) is 11.5. The summed E-state index contributed by atoms with van der Waals surface area (Å²) in [4.78, 5) is 14.3. The largest absolute Gasteiger partial charge is 0.457 e. The molecule has 0 aliphatic carbocycles. The van der Waals surface area contributed by atoms with Gasteiger partial charge >= 0.3 is 0 Å². The van der Waals surface area contributed by atoms with Crippen molar-refractivity contribution >= 4 is 15.7 Å². The molecule has 1 saturated heterocycles. The molecule has 2 aromatic rings. The molecule has 2 aromatic carbocycles. The molecular weight excluding hydrogens is 326 g/mol. The average molecular weight is 345 g/mol. The highest BCUT2D eigenvalue weighted by molar-refractivity contribution is 7.91. The van der Waals surface area contributed by atoms with Crippen LogP contribution in [0.1, 0.15) is 16.8 Å². The molecule has 1 unspecified atom stereocenters. The van der Waals surface area contributed by atoms with Crippen LogP contribution >= 0.6 is 0 Å². The predicted octanol–water partition coefficient (Wildman–Crippen LogP) is 2.74. The van der Waals surface area contributed by atoms with E-state index in [1.54, 1.807) is 31.3 Å². The SMILES string of the molecule is CN(C(=O)c1ccccc1Oc1ccccc1)C1CCS(=O)(=O)C1. The standard InChI is InChI=1S/C18H19NO4S/c1-19(14-11-12-24(21,22)13-14)18(20)16-9-5-6-10-17(16)23-15-7-3-2-4-8-15/h2-10,14H,11-13H2,1H3. The van der Waals surface area contributed by atoms with E-state index in [2.05, 4.69) is 0 Å². The van der Waals surface area contributed by atoms with Crippen LogP contribution in [0.3, 0.4) is 0 Å². The number of ether oxygens (including phenoxy) is 1. The van der Waals surface area contributed by atoms with Gasteiger partial charge in [-0.1, -0.05) is 30.3 Å². The molecule has 1 amide bonds. The first-order valence-electron chi connectivity index (χ1n) is 7.76. The summed E-state index contributed by atoms with van der Waals surface area (Å²) in [6.45, 7) is 0. The fourth-order valence-electron chi connectivity index (χ4n) is 2.78. The van der Waals surface area contributed by atoms with E-state index < -0.39 is 9.84 Å². The molecule has 1 atom stereocenters. The summed E-state index contributed by atoms with van der Waals surface area (Å²) in [6.07, 6.45) is 0.478. The highest BCUT2D eigenvalue weighted by atomic mass is 32.2. The molecule has 1 aliphatic rings. The van der Waals surface area contributed by atoms with E-state index in [1.165, 1.54) is 4.90 Å². The fourth-order valence-corrected chi connectivity index (χ4v) is 4.56. The van der Waals surface area contributed by atoms with Crippen LogP contribution < -0.4 is 4.74 Å². The Hall–Kier alpha value is -2.34. The summed E-state index contributed by atoms with van der Waals surface area (Å²) in [7, 11) is -1.39. The molecule has 1 heterocycles. The van der Waals surface area contributed by atoms with Gasteiger partial charge in [0.1, 0.15) is 11.5 Å². The third-order valence-corrected chi connectivity index (χ3v) is 5.92. The van der Waals surface area contributed by atoms with E-state index in [1.807, 2.05) is 30.3 Å². The van der Waals surface area contributed by atoms with Crippen molar-refractivity contribution in [1.82, 2.24) is 4.90 Å². The van der Waals surface area contributed by atoms with Crippen molar-refractivity contribution < 1.29 is 17.9 Å². The smallest absolute Gasteiger partial charge is 0.257 e. The quantitative estimate of drug-likeness (QED) is 0.855. The van der Waals surface area contributed by atoms with E-state index in [-0.39, 0.29) is 23.5 Å². The van der Waals surface area contributed by atoms with Crippen LogP contribution in [-0.2, 0) is 9.84 Å². The number of sulfone groups is 1. The lowest BCUT2D eigenvalue weighted by Crippen LogP contribution is -2.37. The number of nitrogens with zero attached hydrogens (tertiary/aromatic N) is 1. The Morgan fingerprint density at radius 3 is 2.42 bits per heavy atom. The minimum absolute atomic E-state index is 0.0248. The van der Waals surface area contributed by atoms with Crippen LogP contribution in [-0.4, -0.2) is 43.8 Å². The Morgan fingerprint density at radius 1 is 1.08 bits per heavy atom. The van der Waals surface area contributed by atoms with E-state index in [4.69, 9.17) is 4.74 Å². The van der Waals surface area contributed by atoms with Crippen LogP contribution in [0.25, 0.3) is 0 Å². The average Bonchev–Trinajstić information content (AvgIpc) is 2.95. The zero-order chi connectivity index (χ0) is 17.2. The van der Waals surface area contributed by atoms with Gasteiger partial charge in [-0.2, -0.15) is 0 Å². The molecule has 3 rings (SSSR count). The van der Waals surface area contributed by atoms with E-state index in [9.17, 15) is 13.2 Å². The predicted molar refractivity (Wildman–Crippen MR) is 92.1 cm³/mol. The van der Waals surface area contributed by atoms with Crippen LogP contribution in [0.4, 0.5) is 0 Å². The maximum atomic E-state index is 12.8. The second-order valence-electron chi connectivity index (χ2n) is 5.88. The third-order valence-electron chi connectivity index (χ3n) is 4.16. The number of carbonyl (C=O) groups is 1. The van der Waals surface area contributed by atoms with Gasteiger partial charge in [-0.05, 0) is 30.7 Å². The van der Waals surface area contributed by atoms with Gasteiger partial charge < -0.3 is 9.64 Å². The highest BCUT2D eigenvalue weighted by Gasteiger charge is 2.33. The number of hydrogen-bond donors (Lipinski definition) is 0. The van der Waals surface area contributed by atoms with Gasteiger partial charge in [0.15, 0.2) is 9.84 Å². The van der Waals surface area contributed by atoms with Crippen molar-refractivity contribution in [1.29, 1.82) is 0 Å². The van der Waals surface area contributed by atoms with Crippen LogP contribution in [0.2, 0.25) is 0 Å². The van der Waals surface area contributed by atoms with Crippen molar-refractivity contribution in [2.45, 2.75) is 12.5 Å². The minimum atomic E-state index is -3.04. The van der Waals surface area contributed by atoms with E-state index in [0.29, 0.717) is 23.5 Å². The Bertz CT molecular complexity index is 833. The number of rotatable bonds is 4. The Kier molecular flexibility index (Phi) is 4.57. The van der Waals surface area contributed by atoms with Crippen molar-refractivity contribution in [3.63, 3.8) is 0 Å². The van der Waals surface area contributed by atoms with Gasteiger partial charge in [0.2, 0.25) is 0 Å². The maximum Gasteiger partial charge on any atom is 0.257 e. The molecule has 24 heavy (non-hydrogen) atoms. The maximum absolute atomic E-state index is 12.8. The van der Waals surface area contributed by atoms with Gasteiger partial charge in [-0.3, -0.25) is 4.79 Å². The molecular formula is C18H19NO4S. The fraction of sp³-hybridized carbons (Fsp3) is 0.278. The molecule has 0 saturated carbocycles. The van der Waals surface area contributed by atoms with Crippen molar-refractivity contribution in [3.8, 4) is 11.5 Å². The zero-order valence-electron chi connectivity index (χ0n) is 13.4. The minimum Gasteiger partial charge on any atom is -0.457 e. The molecule has 5 nitrogen and oxygen atoms in total. The number of amides is 1. The topological polar surface area (TPSA) is 63.7 Å². The van der Waals surface area contributed by atoms with Crippen LogP contribution in [0, 0.1) is 0 Å². The second-order valence-corrected chi connectivity index (χ2v) is 8.11. The van der Waals surface area contributed by atoms with Gasteiger partial charge in [0.05, 0.1) is 17.1 Å². The zero-order valence-corrected chi connectivity index (χ0v) is 14.2. The van der Waals surface area contributed by atoms with E-state index >= 15 is 0 Å². The highest BCUT2D eigenvalue weighted by Crippen LogP contribution is 2.27. The van der Waals surface area contributed by atoms with Gasteiger partial charge in [-0.15, -0.1) is 0 Å². The van der Waals surface area contributed by atoms with Crippen molar-refractivity contribution in [2.24, 2.45) is 0 Å². The summed E-state index contributed by atoms with van der Waals surface area (Å²) in [5, 5.41) is 0. The summed E-state index contributed by atoms with van der Waals surface area (Å²) >= 11 is 0. The van der Waals surface area contributed by atoms with Gasteiger partial charge in [-0.25, -0.2) is 8.42 Å².